The number of aliphatic imine (C=N–C) groups is 3. The van der Waals surface area contributed by atoms with Crippen LogP contribution in [0.3, 0.4) is 0 Å². The molecule has 2 atom stereocenters. The fraction of sp³-hybridized carbons (Fsp3) is 0.231. The maximum absolute atomic E-state index is 9.52. The van der Waals surface area contributed by atoms with Crippen LogP contribution in [0, 0.1) is 14.9 Å². The first kappa shape index (κ1) is 55.6. The first-order valence-electron chi connectivity index (χ1n) is 27.5. The van der Waals surface area contributed by atoms with Crippen LogP contribution in [0.15, 0.2) is 161 Å². The van der Waals surface area contributed by atoms with E-state index in [0.717, 1.165) is 121 Å². The fourth-order valence-corrected chi connectivity index (χ4v) is 15.0. The molecule has 14 nitrogen and oxygen atoms in total. The number of halogens is 1. The van der Waals surface area contributed by atoms with E-state index in [9.17, 15) is 5.26 Å². The van der Waals surface area contributed by atoms with Crippen molar-refractivity contribution in [3.05, 3.63) is 227 Å². The number of aryl methyl sites for hydroxylation is 2. The minimum Gasteiger partial charge on any atom is -0.389 e. The molecule has 10 aromatic rings. The second-order valence-corrected chi connectivity index (χ2v) is 25.1. The first-order chi connectivity index (χ1) is 40.5. The van der Waals surface area contributed by atoms with Crippen molar-refractivity contribution in [3.63, 3.8) is 0 Å². The lowest BCUT2D eigenvalue weighted by Gasteiger charge is -2.36. The van der Waals surface area contributed by atoms with E-state index >= 15 is 0 Å². The molecule has 0 saturated carbocycles. The number of rotatable bonds is 8. The van der Waals surface area contributed by atoms with Gasteiger partial charge in [-0.1, -0.05) is 110 Å². The van der Waals surface area contributed by atoms with Gasteiger partial charge >= 0.3 is 0 Å². The third kappa shape index (κ3) is 10.5. The average Bonchev–Trinajstić information content (AvgIpc) is 4.57. The summed E-state index contributed by atoms with van der Waals surface area (Å²) in [5.74, 6) is 0. The molecule has 83 heavy (non-hydrogen) atoms. The minimum atomic E-state index is -0.729. The van der Waals surface area contributed by atoms with Crippen LogP contribution in [0.1, 0.15) is 117 Å². The molecule has 2 unspecified atom stereocenters. The highest BCUT2D eigenvalue weighted by molar-refractivity contribution is 14.1. The monoisotopic (exact) mass is 1260 g/mol. The van der Waals surface area contributed by atoms with E-state index in [4.69, 9.17) is 43.7 Å². The third-order valence-electron chi connectivity index (χ3n) is 16.0. The van der Waals surface area contributed by atoms with Gasteiger partial charge in [-0.2, -0.15) is 10.4 Å². The Balaban J connectivity index is 0.000000116. The van der Waals surface area contributed by atoms with Gasteiger partial charge in [0.25, 0.3) is 0 Å². The Bertz CT molecular complexity index is 4090. The number of nitrogens with zero attached hydrogens (tertiary/aromatic N) is 12. The highest BCUT2D eigenvalue weighted by atomic mass is 127. The summed E-state index contributed by atoms with van der Waals surface area (Å²) in [6.45, 7) is 7.02. The van der Waals surface area contributed by atoms with Gasteiger partial charge in [0.15, 0.2) is 5.65 Å². The molecular formula is C65H57IN14S3. The number of hydrogen-bond donors (Lipinski definition) is 2. The lowest BCUT2D eigenvalue weighted by molar-refractivity contribution is 0.397. The van der Waals surface area contributed by atoms with Crippen molar-refractivity contribution in [2.24, 2.45) is 26.4 Å². The quantitative estimate of drug-likeness (QED) is 0.0831. The Morgan fingerprint density at radius 2 is 1.13 bits per heavy atom. The minimum absolute atomic E-state index is 0.0344. The lowest BCUT2D eigenvalue weighted by Crippen LogP contribution is -2.38. The van der Waals surface area contributed by atoms with E-state index < -0.39 is 11.0 Å². The Hall–Kier alpha value is -7.93. The molecule has 15 rings (SSSR count). The normalized spacial score (nSPS) is 17.5. The molecule has 4 N–H and O–H groups in total. The summed E-state index contributed by atoms with van der Waals surface area (Å²) in [6, 6.07) is 41.5. The predicted molar refractivity (Wildman–Crippen MR) is 345 cm³/mol. The maximum atomic E-state index is 9.52. The SMILES string of the molecule is CC1(C#N)CCCc2sc(-c3ccnc4c3C=NC4)nc21.CC1(CN)CCCc2sc(-c3ccnc4c3C=NC4)nc21.Ic1ccnc2c1C=NC2.NC(=S)c1ccnc2c1cnn2C(c1ccccc1)(c1ccccc1)c1ccccc1. The van der Waals surface area contributed by atoms with Crippen LogP contribution >= 0.6 is 57.5 Å². The number of nitriles is 1. The molecule has 0 bridgehead atoms. The van der Waals surface area contributed by atoms with Gasteiger partial charge in [0.05, 0.1) is 65.8 Å². The van der Waals surface area contributed by atoms with Gasteiger partial charge in [0.2, 0.25) is 0 Å². The second kappa shape index (κ2) is 23.7. The summed E-state index contributed by atoms with van der Waals surface area (Å²) in [7, 11) is 0. The summed E-state index contributed by atoms with van der Waals surface area (Å²) in [4.78, 5) is 43.2. The summed E-state index contributed by atoms with van der Waals surface area (Å²) in [6.07, 6.45) is 21.2. The molecule has 0 radical (unpaired) electrons. The average molecular weight is 1260 g/mol. The van der Waals surface area contributed by atoms with Gasteiger partial charge in [-0.25, -0.2) is 19.6 Å². The number of thiazole rings is 2. The van der Waals surface area contributed by atoms with Crippen molar-refractivity contribution < 1.29 is 0 Å². The van der Waals surface area contributed by atoms with Crippen LogP contribution in [0.2, 0.25) is 0 Å². The fourth-order valence-electron chi connectivity index (χ4n) is 11.6. The zero-order valence-corrected chi connectivity index (χ0v) is 50.4. The number of fused-ring (bicyclic) bond motifs is 6. The van der Waals surface area contributed by atoms with E-state index in [1.807, 2.05) is 96.6 Å². The van der Waals surface area contributed by atoms with Crippen LogP contribution in [-0.2, 0) is 48.8 Å². The highest BCUT2D eigenvalue weighted by Crippen LogP contribution is 2.45. The van der Waals surface area contributed by atoms with Gasteiger partial charge in [-0.15, -0.1) is 22.7 Å². The molecule has 0 fully saturated rings. The first-order valence-corrected chi connectivity index (χ1v) is 30.7. The molecule has 5 aliphatic rings. The second-order valence-electron chi connectivity index (χ2n) is 21.3. The number of hydrogen-bond acceptors (Lipinski definition) is 15. The van der Waals surface area contributed by atoms with Crippen molar-refractivity contribution in [2.45, 2.75) is 88.4 Å². The van der Waals surface area contributed by atoms with Crippen LogP contribution in [0.4, 0.5) is 0 Å². The number of nitrogens with two attached hydrogens (primary N) is 2. The Morgan fingerprint density at radius 1 is 0.651 bits per heavy atom. The van der Waals surface area contributed by atoms with E-state index in [0.29, 0.717) is 24.6 Å². The van der Waals surface area contributed by atoms with Crippen LogP contribution in [-0.4, -0.2) is 69.9 Å². The molecule has 412 valence electrons. The molecule has 7 aromatic heterocycles. The van der Waals surface area contributed by atoms with E-state index in [1.165, 1.54) is 36.6 Å². The van der Waals surface area contributed by atoms with Crippen LogP contribution < -0.4 is 11.5 Å². The molecule has 0 spiro atoms. The van der Waals surface area contributed by atoms with E-state index in [-0.39, 0.29) is 5.41 Å². The van der Waals surface area contributed by atoms with Crippen LogP contribution in [0.25, 0.3) is 32.2 Å². The molecular weight excluding hydrogens is 1200 g/mol. The largest absolute Gasteiger partial charge is 0.389 e. The van der Waals surface area contributed by atoms with Crippen molar-refractivity contribution in [1.82, 2.24) is 39.7 Å². The molecule has 3 aliphatic heterocycles. The maximum Gasteiger partial charge on any atom is 0.160 e. The lowest BCUT2D eigenvalue weighted by atomic mass is 9.77. The molecule has 18 heteroatoms. The number of pyridine rings is 4. The topological polar surface area (TPSA) is 208 Å². The van der Waals surface area contributed by atoms with Crippen molar-refractivity contribution in [1.29, 1.82) is 5.26 Å². The van der Waals surface area contributed by atoms with Crippen molar-refractivity contribution in [2.75, 3.05) is 6.54 Å². The van der Waals surface area contributed by atoms with E-state index in [1.54, 1.807) is 23.7 Å². The van der Waals surface area contributed by atoms with Crippen LogP contribution in [0.5, 0.6) is 0 Å². The van der Waals surface area contributed by atoms with Gasteiger partial charge in [0.1, 0.15) is 20.5 Å². The van der Waals surface area contributed by atoms with Gasteiger partial charge in [0, 0.05) is 107 Å². The summed E-state index contributed by atoms with van der Waals surface area (Å²) in [5.41, 5.74) is 26.7. The molecule has 0 saturated heterocycles. The third-order valence-corrected chi connectivity index (χ3v) is 19.5. The smallest absolute Gasteiger partial charge is 0.160 e. The molecule has 3 aromatic carbocycles. The standard InChI is InChI=1S/C26H20N4S.C16H18N4S.C16H14N4S.C7H5IN2/c27-24(31)22-16-17-28-25-23(22)18-29-30(25)26(19-10-4-1-5-11-19,20-12-6-2-7-13-20)21-14-8-3-9-15-21;2*1-16(9-17)5-2-3-13-14(16)20-15(21-13)10-4-6-19-12-8-18-7-11(10)12;8-6-1-2-10-7-4-9-3-5(6)7/h1-18H,(H2,27,31);4,6-7H,2-3,5,8-9,17H2,1H3;4,6-7H,2-3,5,8H2,1H3;1-3H,4H2. The van der Waals surface area contributed by atoms with Gasteiger partial charge < -0.3 is 11.5 Å². The number of thiocarbonyl (C=S) groups is 1. The Kier molecular flexibility index (Phi) is 15.9. The molecule has 10 heterocycles. The van der Waals surface area contributed by atoms with E-state index in [2.05, 4.69) is 144 Å². The van der Waals surface area contributed by atoms with Crippen molar-refractivity contribution >= 4 is 92.1 Å². The number of benzene rings is 3. The Morgan fingerprint density at radius 3 is 1.65 bits per heavy atom. The zero-order valence-electron chi connectivity index (χ0n) is 45.8. The van der Waals surface area contributed by atoms with Gasteiger partial charge in [-0.3, -0.25) is 29.9 Å². The summed E-state index contributed by atoms with van der Waals surface area (Å²) < 4.78 is 3.23. The Labute approximate surface area is 508 Å². The summed E-state index contributed by atoms with van der Waals surface area (Å²) >= 11 is 11.1. The summed E-state index contributed by atoms with van der Waals surface area (Å²) in [5, 5.41) is 17.3. The number of aromatic nitrogens is 8. The van der Waals surface area contributed by atoms with Gasteiger partial charge in [-0.05, 0) is 109 Å². The zero-order chi connectivity index (χ0) is 57.1. The highest BCUT2D eigenvalue weighted by Gasteiger charge is 2.41. The van der Waals surface area contributed by atoms with Crippen molar-refractivity contribution in [3.8, 4) is 27.2 Å². The predicted octanol–water partition coefficient (Wildman–Crippen LogP) is 12.5. The molecule has 0 amide bonds. The molecule has 2 aliphatic carbocycles.